The molecule has 1 saturated heterocycles. The SMILES string of the molecule is Cc1ccc2c(N3CCN(C/C=C/c4ccc5c(c4)NC(=O)CO5)CC3)cccc2n1. The number of carbonyl (C=O) groups excluding carboxylic acids is 1. The molecule has 2 aliphatic heterocycles. The molecule has 0 aliphatic carbocycles. The molecular formula is C25H26N4O2. The molecule has 1 amide bonds. The van der Waals surface area contributed by atoms with Gasteiger partial charge in [0.15, 0.2) is 6.61 Å². The molecule has 1 fully saturated rings. The number of rotatable bonds is 4. The molecule has 0 atom stereocenters. The summed E-state index contributed by atoms with van der Waals surface area (Å²) in [5.74, 6) is 0.621. The number of aryl methyl sites for hydroxylation is 1. The van der Waals surface area contributed by atoms with Gasteiger partial charge in [0.05, 0.1) is 11.2 Å². The first kappa shape index (κ1) is 19.6. The van der Waals surface area contributed by atoms with Crippen LogP contribution in [-0.4, -0.2) is 55.1 Å². The van der Waals surface area contributed by atoms with Crippen molar-refractivity contribution in [2.75, 3.05) is 49.5 Å². The van der Waals surface area contributed by atoms with Gasteiger partial charge in [-0.05, 0) is 48.9 Å². The number of fused-ring (bicyclic) bond motifs is 2. The van der Waals surface area contributed by atoms with E-state index in [1.54, 1.807) is 0 Å². The minimum atomic E-state index is -0.108. The fourth-order valence-corrected chi connectivity index (χ4v) is 4.23. The molecule has 0 radical (unpaired) electrons. The first-order chi connectivity index (χ1) is 15.2. The lowest BCUT2D eigenvalue weighted by atomic mass is 10.1. The summed E-state index contributed by atoms with van der Waals surface area (Å²) >= 11 is 0. The lowest BCUT2D eigenvalue weighted by Gasteiger charge is -2.36. The second kappa shape index (κ2) is 8.40. The largest absolute Gasteiger partial charge is 0.482 e. The van der Waals surface area contributed by atoms with Gasteiger partial charge in [0.25, 0.3) is 5.91 Å². The van der Waals surface area contributed by atoms with E-state index in [4.69, 9.17) is 4.74 Å². The molecule has 6 nitrogen and oxygen atoms in total. The second-order valence-corrected chi connectivity index (χ2v) is 8.08. The average molecular weight is 415 g/mol. The molecule has 5 rings (SSSR count). The number of pyridine rings is 1. The predicted molar refractivity (Wildman–Crippen MR) is 125 cm³/mol. The molecule has 3 aromatic rings. The number of amides is 1. The van der Waals surface area contributed by atoms with Gasteiger partial charge in [0.2, 0.25) is 0 Å². The first-order valence-electron chi connectivity index (χ1n) is 10.7. The molecule has 2 aromatic carbocycles. The van der Waals surface area contributed by atoms with Crippen LogP contribution in [-0.2, 0) is 4.79 Å². The van der Waals surface area contributed by atoms with Crippen molar-refractivity contribution in [3.05, 3.63) is 65.9 Å². The summed E-state index contributed by atoms with van der Waals surface area (Å²) in [5, 5.41) is 4.08. The third-order valence-corrected chi connectivity index (χ3v) is 5.87. The minimum absolute atomic E-state index is 0.0864. The Morgan fingerprint density at radius 1 is 1.10 bits per heavy atom. The third-order valence-electron chi connectivity index (χ3n) is 5.87. The summed E-state index contributed by atoms with van der Waals surface area (Å²) in [6.45, 7) is 7.08. The standard InChI is InChI=1S/C25H26N4O2/c1-18-7-9-20-21(26-18)5-2-6-23(20)29-14-12-28(13-15-29)11-3-4-19-8-10-24-22(16-19)27-25(30)17-31-24/h2-10,16H,11-15,17H2,1H3,(H,27,30)/b4-3+. The van der Waals surface area contributed by atoms with Gasteiger partial charge in [-0.2, -0.15) is 0 Å². The maximum Gasteiger partial charge on any atom is 0.262 e. The number of carbonyl (C=O) groups is 1. The Labute approximate surface area is 182 Å². The molecule has 0 bridgehead atoms. The highest BCUT2D eigenvalue weighted by atomic mass is 16.5. The number of nitrogens with one attached hydrogen (secondary N) is 1. The maximum atomic E-state index is 11.5. The first-order valence-corrected chi connectivity index (χ1v) is 10.7. The van der Waals surface area contributed by atoms with Crippen LogP contribution < -0.4 is 15.0 Å². The van der Waals surface area contributed by atoms with Crippen LogP contribution >= 0.6 is 0 Å². The van der Waals surface area contributed by atoms with Gasteiger partial charge < -0.3 is 15.0 Å². The highest BCUT2D eigenvalue weighted by Gasteiger charge is 2.18. The van der Waals surface area contributed by atoms with Crippen LogP contribution in [0.1, 0.15) is 11.3 Å². The topological polar surface area (TPSA) is 57.7 Å². The number of benzene rings is 2. The lowest BCUT2D eigenvalue weighted by Crippen LogP contribution is -2.46. The zero-order chi connectivity index (χ0) is 21.2. The third kappa shape index (κ3) is 4.25. The molecule has 31 heavy (non-hydrogen) atoms. The van der Waals surface area contributed by atoms with Crippen molar-refractivity contribution >= 4 is 34.3 Å². The molecule has 0 spiro atoms. The number of nitrogens with zero attached hydrogens (tertiary/aromatic N) is 3. The van der Waals surface area contributed by atoms with E-state index in [2.05, 4.69) is 62.6 Å². The average Bonchev–Trinajstić information content (AvgIpc) is 2.79. The van der Waals surface area contributed by atoms with Crippen molar-refractivity contribution in [1.82, 2.24) is 9.88 Å². The normalized spacial score (nSPS) is 16.9. The van der Waals surface area contributed by atoms with E-state index in [-0.39, 0.29) is 12.5 Å². The van der Waals surface area contributed by atoms with Crippen molar-refractivity contribution in [1.29, 1.82) is 0 Å². The summed E-state index contributed by atoms with van der Waals surface area (Å²) in [5.41, 5.74) is 5.19. The summed E-state index contributed by atoms with van der Waals surface area (Å²) in [4.78, 5) is 21.1. The number of anilines is 2. The molecule has 1 N–H and O–H groups in total. The Bertz CT molecular complexity index is 1150. The van der Waals surface area contributed by atoms with E-state index in [1.807, 2.05) is 25.1 Å². The van der Waals surface area contributed by atoms with E-state index >= 15 is 0 Å². The van der Waals surface area contributed by atoms with Gasteiger partial charge in [-0.3, -0.25) is 14.7 Å². The van der Waals surface area contributed by atoms with Crippen LogP contribution in [0.5, 0.6) is 5.75 Å². The lowest BCUT2D eigenvalue weighted by molar-refractivity contribution is -0.118. The molecule has 2 aliphatic rings. The van der Waals surface area contributed by atoms with Gasteiger partial charge >= 0.3 is 0 Å². The number of hydrogen-bond donors (Lipinski definition) is 1. The van der Waals surface area contributed by atoms with E-state index in [0.717, 1.165) is 60.9 Å². The van der Waals surface area contributed by atoms with Crippen LogP contribution in [0, 0.1) is 6.92 Å². The fraction of sp³-hybridized carbons (Fsp3) is 0.280. The van der Waals surface area contributed by atoms with Gasteiger partial charge in [0.1, 0.15) is 5.75 Å². The molecule has 158 valence electrons. The Morgan fingerprint density at radius 2 is 1.97 bits per heavy atom. The zero-order valence-electron chi connectivity index (χ0n) is 17.7. The van der Waals surface area contributed by atoms with Crippen LogP contribution in [0.3, 0.4) is 0 Å². The zero-order valence-corrected chi connectivity index (χ0v) is 17.7. The van der Waals surface area contributed by atoms with Crippen molar-refractivity contribution < 1.29 is 9.53 Å². The Hall–Kier alpha value is -3.38. The fourth-order valence-electron chi connectivity index (χ4n) is 4.23. The monoisotopic (exact) mass is 414 g/mol. The van der Waals surface area contributed by atoms with Crippen LogP contribution in [0.4, 0.5) is 11.4 Å². The molecule has 6 heteroatoms. The highest BCUT2D eigenvalue weighted by molar-refractivity contribution is 5.95. The van der Waals surface area contributed by atoms with Crippen LogP contribution in [0.15, 0.2) is 54.6 Å². The Morgan fingerprint density at radius 3 is 2.84 bits per heavy atom. The number of ether oxygens (including phenoxy) is 1. The van der Waals surface area contributed by atoms with Crippen LogP contribution in [0.2, 0.25) is 0 Å². The van der Waals surface area contributed by atoms with Gasteiger partial charge in [0, 0.05) is 49.5 Å². The number of hydrogen-bond acceptors (Lipinski definition) is 5. The molecule has 1 aromatic heterocycles. The summed E-state index contributed by atoms with van der Waals surface area (Å²) in [7, 11) is 0. The van der Waals surface area contributed by atoms with Crippen molar-refractivity contribution in [2.24, 2.45) is 0 Å². The van der Waals surface area contributed by atoms with Gasteiger partial charge in [-0.1, -0.05) is 24.3 Å². The van der Waals surface area contributed by atoms with E-state index in [1.165, 1.54) is 11.1 Å². The van der Waals surface area contributed by atoms with Crippen molar-refractivity contribution in [3.8, 4) is 5.75 Å². The second-order valence-electron chi connectivity index (χ2n) is 8.08. The maximum absolute atomic E-state index is 11.5. The number of aromatic nitrogens is 1. The highest BCUT2D eigenvalue weighted by Crippen LogP contribution is 2.29. The van der Waals surface area contributed by atoms with E-state index < -0.39 is 0 Å². The molecule has 3 heterocycles. The van der Waals surface area contributed by atoms with E-state index in [9.17, 15) is 4.79 Å². The van der Waals surface area contributed by atoms with Gasteiger partial charge in [-0.15, -0.1) is 0 Å². The smallest absolute Gasteiger partial charge is 0.262 e. The molecular weight excluding hydrogens is 388 g/mol. The van der Waals surface area contributed by atoms with Crippen molar-refractivity contribution in [3.63, 3.8) is 0 Å². The van der Waals surface area contributed by atoms with Gasteiger partial charge in [-0.25, -0.2) is 0 Å². The Balaban J connectivity index is 1.19. The summed E-state index contributed by atoms with van der Waals surface area (Å²) in [6.07, 6.45) is 4.29. The Kier molecular flexibility index (Phi) is 5.30. The molecule has 0 unspecified atom stereocenters. The quantitative estimate of drug-likeness (QED) is 0.705. The molecule has 0 saturated carbocycles. The summed E-state index contributed by atoms with van der Waals surface area (Å²) < 4.78 is 5.42. The summed E-state index contributed by atoms with van der Waals surface area (Å²) in [6, 6.07) is 16.6. The van der Waals surface area contributed by atoms with Crippen molar-refractivity contribution in [2.45, 2.75) is 6.92 Å². The van der Waals surface area contributed by atoms with Crippen LogP contribution in [0.25, 0.3) is 17.0 Å². The predicted octanol–water partition coefficient (Wildman–Crippen LogP) is 3.71. The van der Waals surface area contributed by atoms with E-state index in [0.29, 0.717) is 0 Å². The minimum Gasteiger partial charge on any atom is -0.482 e. The number of piperazine rings is 1.